The summed E-state index contributed by atoms with van der Waals surface area (Å²) in [6.45, 7) is 6.62. The number of ether oxygens (including phenoxy) is 1. The Morgan fingerprint density at radius 3 is 2.00 bits per heavy atom. The third-order valence-electron chi connectivity index (χ3n) is 3.01. The van der Waals surface area contributed by atoms with Gasteiger partial charge < -0.3 is 20.5 Å². The van der Waals surface area contributed by atoms with E-state index in [2.05, 4.69) is 16.1 Å². The first-order valence-electron chi connectivity index (χ1n) is 8.99. The molecule has 0 aromatic rings. The second kappa shape index (κ2) is 14.3. The molecule has 0 bridgehead atoms. The summed E-state index contributed by atoms with van der Waals surface area (Å²) in [5.74, 6) is -0.207. The maximum atomic E-state index is 11.6. The van der Waals surface area contributed by atoms with Crippen molar-refractivity contribution in [2.45, 2.75) is 64.9 Å². The lowest BCUT2D eigenvalue weighted by molar-refractivity contribution is -0.122. The number of carbonyl (C=O) groups is 3. The lowest BCUT2D eigenvalue weighted by atomic mass is 10.2. The average Bonchev–Trinajstić information content (AvgIpc) is 2.52. The van der Waals surface area contributed by atoms with Gasteiger partial charge in [-0.3, -0.25) is 14.4 Å². The van der Waals surface area contributed by atoms with Crippen LogP contribution >= 0.6 is 0 Å². The van der Waals surface area contributed by atoms with Crippen molar-refractivity contribution in [1.82, 2.24) is 16.1 Å². The van der Waals surface area contributed by atoms with E-state index in [-0.39, 0.29) is 18.4 Å². The number of aliphatic hydroxyl groups is 1. The Labute approximate surface area is 155 Å². The molecule has 0 saturated heterocycles. The Bertz CT molecular complexity index is 423. The van der Waals surface area contributed by atoms with E-state index < -0.39 is 11.7 Å². The van der Waals surface area contributed by atoms with Crippen molar-refractivity contribution in [1.29, 1.82) is 0 Å². The van der Waals surface area contributed by atoms with Gasteiger partial charge in [-0.25, -0.2) is 4.79 Å². The number of unbranched alkanes of at least 4 members (excludes halogenated alkanes) is 1. The van der Waals surface area contributed by atoms with E-state index >= 15 is 0 Å². The lowest BCUT2D eigenvalue weighted by Crippen LogP contribution is -2.32. The van der Waals surface area contributed by atoms with E-state index in [0.29, 0.717) is 58.2 Å². The molecule has 9 nitrogen and oxygen atoms in total. The second-order valence-corrected chi connectivity index (χ2v) is 6.79. The van der Waals surface area contributed by atoms with Gasteiger partial charge in [0.25, 0.3) is 0 Å². The standard InChI is InChI=1S/C17H33N3O6/c1-17(2,3)26-16(24)20-25-13-5-4-10-18-14(22)8-6-9-15(23)19-11-7-12-21/h21H,4-13H2,1-3H3,(H,18,22)(H,19,23)(H,20,24). The number of hydrogen-bond donors (Lipinski definition) is 4. The predicted octanol–water partition coefficient (Wildman–Crippen LogP) is 1.01. The Balaban J connectivity index is 3.46. The minimum atomic E-state index is -0.633. The Morgan fingerprint density at radius 2 is 1.46 bits per heavy atom. The Morgan fingerprint density at radius 1 is 0.885 bits per heavy atom. The number of hydroxylamine groups is 1. The van der Waals surface area contributed by atoms with Gasteiger partial charge in [0.2, 0.25) is 11.8 Å². The minimum absolute atomic E-state index is 0.0464. The molecule has 0 aliphatic heterocycles. The lowest BCUT2D eigenvalue weighted by Gasteiger charge is -2.19. The van der Waals surface area contributed by atoms with Crippen LogP contribution in [0.5, 0.6) is 0 Å². The first kappa shape index (κ1) is 24.1. The summed E-state index contributed by atoms with van der Waals surface area (Å²) in [5, 5.41) is 14.0. The number of amides is 3. The molecule has 0 fully saturated rings. The highest BCUT2D eigenvalue weighted by Gasteiger charge is 2.15. The van der Waals surface area contributed by atoms with Crippen LogP contribution in [0.3, 0.4) is 0 Å². The fourth-order valence-electron chi connectivity index (χ4n) is 1.83. The molecule has 0 aliphatic rings. The van der Waals surface area contributed by atoms with Crippen molar-refractivity contribution < 1.29 is 29.1 Å². The molecule has 0 aromatic carbocycles. The fourth-order valence-corrected chi connectivity index (χ4v) is 1.83. The van der Waals surface area contributed by atoms with Gasteiger partial charge in [-0.1, -0.05) is 0 Å². The average molecular weight is 375 g/mol. The van der Waals surface area contributed by atoms with Gasteiger partial charge in [-0.2, -0.15) is 5.48 Å². The molecule has 0 spiro atoms. The van der Waals surface area contributed by atoms with Gasteiger partial charge >= 0.3 is 6.09 Å². The van der Waals surface area contributed by atoms with Crippen molar-refractivity contribution in [3.63, 3.8) is 0 Å². The van der Waals surface area contributed by atoms with Crippen LogP contribution in [-0.2, 0) is 19.2 Å². The molecule has 0 atom stereocenters. The summed E-state index contributed by atoms with van der Waals surface area (Å²) >= 11 is 0. The quantitative estimate of drug-likeness (QED) is 0.281. The number of hydrogen-bond acceptors (Lipinski definition) is 6. The normalized spacial score (nSPS) is 10.9. The molecule has 4 N–H and O–H groups in total. The van der Waals surface area contributed by atoms with Gasteiger partial charge in [0.05, 0.1) is 6.61 Å². The number of rotatable bonds is 13. The maximum Gasteiger partial charge on any atom is 0.431 e. The maximum absolute atomic E-state index is 11.6. The van der Waals surface area contributed by atoms with Crippen LogP contribution in [0.25, 0.3) is 0 Å². The van der Waals surface area contributed by atoms with Gasteiger partial charge in [0, 0.05) is 32.5 Å². The van der Waals surface area contributed by atoms with Gasteiger partial charge in [0.1, 0.15) is 5.60 Å². The predicted molar refractivity (Wildman–Crippen MR) is 96.1 cm³/mol. The highest BCUT2D eigenvalue weighted by atomic mass is 16.7. The topological polar surface area (TPSA) is 126 Å². The molecule has 0 radical (unpaired) electrons. The molecule has 0 aliphatic carbocycles. The minimum Gasteiger partial charge on any atom is -0.442 e. The Kier molecular flexibility index (Phi) is 13.3. The van der Waals surface area contributed by atoms with E-state index in [9.17, 15) is 14.4 Å². The molecular formula is C17H33N3O6. The zero-order chi connectivity index (χ0) is 19.8. The number of carbonyl (C=O) groups excluding carboxylic acids is 3. The summed E-state index contributed by atoms with van der Waals surface area (Å²) in [6.07, 6.45) is 2.36. The van der Waals surface area contributed by atoms with E-state index in [0.717, 1.165) is 0 Å². The summed E-state index contributed by atoms with van der Waals surface area (Å²) in [5.41, 5.74) is 1.62. The summed E-state index contributed by atoms with van der Waals surface area (Å²) in [4.78, 5) is 39.3. The van der Waals surface area contributed by atoms with Crippen LogP contribution in [0, 0.1) is 0 Å². The fraction of sp³-hybridized carbons (Fsp3) is 0.824. The summed E-state index contributed by atoms with van der Waals surface area (Å²) in [7, 11) is 0. The molecule has 0 rings (SSSR count). The van der Waals surface area contributed by atoms with Crippen molar-refractivity contribution in [2.24, 2.45) is 0 Å². The molecule has 0 heterocycles. The van der Waals surface area contributed by atoms with Crippen LogP contribution in [-0.4, -0.2) is 54.9 Å². The van der Waals surface area contributed by atoms with E-state index in [1.54, 1.807) is 20.8 Å². The van der Waals surface area contributed by atoms with E-state index in [1.807, 2.05) is 0 Å². The monoisotopic (exact) mass is 375 g/mol. The van der Waals surface area contributed by atoms with Crippen molar-refractivity contribution in [3.05, 3.63) is 0 Å². The molecule has 3 amide bonds. The molecule has 0 aromatic heterocycles. The second-order valence-electron chi connectivity index (χ2n) is 6.79. The number of nitrogens with one attached hydrogen (secondary N) is 3. The zero-order valence-corrected chi connectivity index (χ0v) is 16.1. The smallest absolute Gasteiger partial charge is 0.431 e. The van der Waals surface area contributed by atoms with Gasteiger partial charge in [0.15, 0.2) is 0 Å². The summed E-state index contributed by atoms with van der Waals surface area (Å²) in [6, 6.07) is 0. The molecule has 26 heavy (non-hydrogen) atoms. The summed E-state index contributed by atoms with van der Waals surface area (Å²) < 4.78 is 5.01. The molecule has 0 unspecified atom stereocenters. The zero-order valence-electron chi connectivity index (χ0n) is 16.1. The van der Waals surface area contributed by atoms with Crippen LogP contribution in [0.1, 0.15) is 59.3 Å². The van der Waals surface area contributed by atoms with Crippen LogP contribution in [0.15, 0.2) is 0 Å². The van der Waals surface area contributed by atoms with Gasteiger partial charge in [-0.15, -0.1) is 0 Å². The number of aliphatic hydroxyl groups excluding tert-OH is 1. The highest BCUT2D eigenvalue weighted by Crippen LogP contribution is 2.06. The molecule has 9 heteroatoms. The van der Waals surface area contributed by atoms with Crippen molar-refractivity contribution in [2.75, 3.05) is 26.3 Å². The largest absolute Gasteiger partial charge is 0.442 e. The van der Waals surface area contributed by atoms with Gasteiger partial charge in [-0.05, 0) is 46.5 Å². The van der Waals surface area contributed by atoms with Crippen LogP contribution in [0.2, 0.25) is 0 Å². The van der Waals surface area contributed by atoms with E-state index in [4.69, 9.17) is 14.7 Å². The Hall–Kier alpha value is -1.87. The first-order chi connectivity index (χ1) is 12.2. The highest BCUT2D eigenvalue weighted by molar-refractivity contribution is 5.78. The first-order valence-corrected chi connectivity index (χ1v) is 8.99. The van der Waals surface area contributed by atoms with Crippen molar-refractivity contribution in [3.8, 4) is 0 Å². The molecule has 0 saturated carbocycles. The van der Waals surface area contributed by atoms with Crippen molar-refractivity contribution >= 4 is 17.9 Å². The SMILES string of the molecule is CC(C)(C)OC(=O)NOCCCCNC(=O)CCCC(=O)NCCCO. The molecule has 152 valence electrons. The third kappa shape index (κ3) is 17.0. The van der Waals surface area contributed by atoms with Crippen LogP contribution < -0.4 is 16.1 Å². The van der Waals surface area contributed by atoms with E-state index in [1.165, 1.54) is 0 Å². The third-order valence-corrected chi connectivity index (χ3v) is 3.01. The molecular weight excluding hydrogens is 342 g/mol. The van der Waals surface area contributed by atoms with Crippen LogP contribution in [0.4, 0.5) is 4.79 Å².